The van der Waals surface area contributed by atoms with Crippen LogP contribution in [0.15, 0.2) is 84.2 Å². The average molecular weight is 415 g/mol. The molecular formula is C24H17NO4S. The fourth-order valence-electron chi connectivity index (χ4n) is 2.95. The lowest BCUT2D eigenvalue weighted by Crippen LogP contribution is -2.14. The van der Waals surface area contributed by atoms with E-state index in [1.807, 2.05) is 35.7 Å². The molecule has 0 radical (unpaired) electrons. The SMILES string of the molecule is O=C(COC(=O)c1ccc(NC(=O)c2cccs2)cc1)c1ccc2ccccc2c1. The van der Waals surface area contributed by atoms with Gasteiger partial charge in [-0.1, -0.05) is 42.5 Å². The highest BCUT2D eigenvalue weighted by Gasteiger charge is 2.13. The number of benzene rings is 3. The molecule has 0 atom stereocenters. The zero-order valence-corrected chi connectivity index (χ0v) is 16.6. The Balaban J connectivity index is 1.35. The van der Waals surface area contributed by atoms with Gasteiger partial charge in [0.05, 0.1) is 10.4 Å². The van der Waals surface area contributed by atoms with Gasteiger partial charge in [-0.05, 0) is 52.6 Å². The summed E-state index contributed by atoms with van der Waals surface area (Å²) < 4.78 is 5.16. The molecule has 4 aromatic rings. The molecule has 0 bridgehead atoms. The van der Waals surface area contributed by atoms with Gasteiger partial charge in [0.2, 0.25) is 0 Å². The molecule has 0 saturated carbocycles. The van der Waals surface area contributed by atoms with Crippen molar-refractivity contribution >= 4 is 45.5 Å². The number of ether oxygens (including phenoxy) is 1. The van der Waals surface area contributed by atoms with E-state index < -0.39 is 5.97 Å². The quantitative estimate of drug-likeness (QED) is 0.347. The molecule has 0 aliphatic heterocycles. The molecule has 1 amide bonds. The molecule has 0 aliphatic carbocycles. The van der Waals surface area contributed by atoms with E-state index in [0.717, 1.165) is 10.8 Å². The molecule has 0 saturated heterocycles. The van der Waals surface area contributed by atoms with Gasteiger partial charge in [0.25, 0.3) is 5.91 Å². The van der Waals surface area contributed by atoms with Crippen LogP contribution in [0, 0.1) is 0 Å². The number of thiophene rings is 1. The van der Waals surface area contributed by atoms with Crippen molar-refractivity contribution in [3.63, 3.8) is 0 Å². The van der Waals surface area contributed by atoms with Crippen LogP contribution in [0.4, 0.5) is 5.69 Å². The molecule has 1 heterocycles. The highest BCUT2D eigenvalue weighted by Crippen LogP contribution is 2.17. The minimum Gasteiger partial charge on any atom is -0.454 e. The van der Waals surface area contributed by atoms with Crippen LogP contribution >= 0.6 is 11.3 Å². The first-order valence-electron chi connectivity index (χ1n) is 9.24. The maximum Gasteiger partial charge on any atom is 0.338 e. The maximum atomic E-state index is 12.4. The Kier molecular flexibility index (Phi) is 5.68. The van der Waals surface area contributed by atoms with Crippen molar-refractivity contribution in [2.45, 2.75) is 0 Å². The molecular weight excluding hydrogens is 398 g/mol. The summed E-state index contributed by atoms with van der Waals surface area (Å²) in [7, 11) is 0. The summed E-state index contributed by atoms with van der Waals surface area (Å²) in [6, 6.07) is 23.0. The van der Waals surface area contributed by atoms with Gasteiger partial charge in [-0.15, -0.1) is 11.3 Å². The Bertz CT molecular complexity index is 1210. The van der Waals surface area contributed by atoms with E-state index in [4.69, 9.17) is 4.74 Å². The number of ketones is 1. The second-order valence-corrected chi connectivity index (χ2v) is 7.52. The predicted molar refractivity (Wildman–Crippen MR) is 117 cm³/mol. The number of carbonyl (C=O) groups excluding carboxylic acids is 3. The van der Waals surface area contributed by atoms with E-state index in [9.17, 15) is 14.4 Å². The van der Waals surface area contributed by atoms with E-state index in [1.54, 1.807) is 48.5 Å². The van der Waals surface area contributed by atoms with Crippen molar-refractivity contribution in [2.75, 3.05) is 11.9 Å². The Hall–Kier alpha value is -3.77. The summed E-state index contributed by atoms with van der Waals surface area (Å²) in [5.41, 5.74) is 1.36. The van der Waals surface area contributed by atoms with Crippen molar-refractivity contribution < 1.29 is 19.1 Å². The number of Topliss-reactive ketones (excluding diaryl/α,β-unsaturated/α-hetero) is 1. The summed E-state index contributed by atoms with van der Waals surface area (Å²) in [5, 5.41) is 6.58. The van der Waals surface area contributed by atoms with Gasteiger partial charge in [-0.3, -0.25) is 9.59 Å². The molecule has 0 spiro atoms. The number of nitrogens with one attached hydrogen (secondary N) is 1. The third-order valence-electron chi connectivity index (χ3n) is 4.53. The number of fused-ring (bicyclic) bond motifs is 1. The number of anilines is 1. The minimum absolute atomic E-state index is 0.207. The lowest BCUT2D eigenvalue weighted by molar-refractivity contribution is 0.0475. The number of amides is 1. The molecule has 0 fully saturated rings. The Labute approximate surface area is 176 Å². The Morgan fingerprint density at radius 1 is 0.800 bits per heavy atom. The van der Waals surface area contributed by atoms with Gasteiger partial charge in [-0.2, -0.15) is 0 Å². The smallest absolute Gasteiger partial charge is 0.338 e. The van der Waals surface area contributed by atoms with Gasteiger partial charge in [0.15, 0.2) is 12.4 Å². The number of hydrogen-bond donors (Lipinski definition) is 1. The fraction of sp³-hybridized carbons (Fsp3) is 0.0417. The summed E-state index contributed by atoms with van der Waals surface area (Å²) >= 11 is 1.35. The van der Waals surface area contributed by atoms with Crippen LogP contribution in [-0.4, -0.2) is 24.3 Å². The first-order chi connectivity index (χ1) is 14.6. The lowest BCUT2D eigenvalue weighted by Gasteiger charge is -2.07. The zero-order valence-electron chi connectivity index (χ0n) is 15.8. The van der Waals surface area contributed by atoms with E-state index in [-0.39, 0.29) is 18.3 Å². The normalized spacial score (nSPS) is 10.5. The zero-order chi connectivity index (χ0) is 20.9. The first-order valence-corrected chi connectivity index (χ1v) is 10.1. The molecule has 1 aromatic heterocycles. The van der Waals surface area contributed by atoms with Crippen LogP contribution in [0.3, 0.4) is 0 Å². The number of carbonyl (C=O) groups is 3. The van der Waals surface area contributed by atoms with Crippen LogP contribution in [0.25, 0.3) is 10.8 Å². The lowest BCUT2D eigenvalue weighted by atomic mass is 10.0. The van der Waals surface area contributed by atoms with Crippen molar-refractivity contribution in [1.29, 1.82) is 0 Å². The van der Waals surface area contributed by atoms with Crippen LogP contribution < -0.4 is 5.32 Å². The molecule has 30 heavy (non-hydrogen) atoms. The predicted octanol–water partition coefficient (Wildman–Crippen LogP) is 5.19. The number of rotatable bonds is 6. The minimum atomic E-state index is -0.597. The highest BCUT2D eigenvalue weighted by molar-refractivity contribution is 7.12. The van der Waals surface area contributed by atoms with E-state index in [0.29, 0.717) is 21.7 Å². The second kappa shape index (κ2) is 8.71. The molecule has 0 unspecified atom stereocenters. The van der Waals surface area contributed by atoms with Crippen molar-refractivity contribution in [3.8, 4) is 0 Å². The average Bonchev–Trinajstić information content (AvgIpc) is 3.32. The first kappa shape index (κ1) is 19.5. The molecule has 4 rings (SSSR count). The number of hydrogen-bond acceptors (Lipinski definition) is 5. The monoisotopic (exact) mass is 415 g/mol. The molecule has 6 heteroatoms. The Morgan fingerprint density at radius 3 is 2.27 bits per heavy atom. The van der Waals surface area contributed by atoms with Gasteiger partial charge in [0, 0.05) is 11.3 Å². The number of esters is 1. The van der Waals surface area contributed by atoms with Crippen LogP contribution in [0.1, 0.15) is 30.4 Å². The van der Waals surface area contributed by atoms with Crippen LogP contribution in [-0.2, 0) is 4.74 Å². The van der Waals surface area contributed by atoms with Crippen molar-refractivity contribution in [3.05, 3.63) is 100 Å². The van der Waals surface area contributed by atoms with Crippen LogP contribution in [0.5, 0.6) is 0 Å². The van der Waals surface area contributed by atoms with Crippen LogP contribution in [0.2, 0.25) is 0 Å². The van der Waals surface area contributed by atoms with Crippen molar-refractivity contribution in [2.24, 2.45) is 0 Å². The summed E-state index contributed by atoms with van der Waals surface area (Å²) in [6.07, 6.45) is 0. The molecule has 0 aliphatic rings. The van der Waals surface area contributed by atoms with Gasteiger partial charge < -0.3 is 10.1 Å². The summed E-state index contributed by atoms with van der Waals surface area (Å²) in [5.74, 6) is -1.07. The topological polar surface area (TPSA) is 72.5 Å². The highest BCUT2D eigenvalue weighted by atomic mass is 32.1. The fourth-order valence-corrected chi connectivity index (χ4v) is 3.57. The Morgan fingerprint density at radius 2 is 1.53 bits per heavy atom. The summed E-state index contributed by atoms with van der Waals surface area (Å²) in [6.45, 7) is -0.339. The van der Waals surface area contributed by atoms with E-state index >= 15 is 0 Å². The van der Waals surface area contributed by atoms with Gasteiger partial charge >= 0.3 is 5.97 Å². The third kappa shape index (κ3) is 4.45. The summed E-state index contributed by atoms with van der Waals surface area (Å²) in [4.78, 5) is 37.3. The molecule has 148 valence electrons. The van der Waals surface area contributed by atoms with Gasteiger partial charge in [0.1, 0.15) is 0 Å². The van der Waals surface area contributed by atoms with E-state index in [1.165, 1.54) is 11.3 Å². The van der Waals surface area contributed by atoms with Gasteiger partial charge in [-0.25, -0.2) is 4.79 Å². The molecule has 3 aromatic carbocycles. The largest absolute Gasteiger partial charge is 0.454 e. The maximum absolute atomic E-state index is 12.4. The third-order valence-corrected chi connectivity index (χ3v) is 5.40. The molecule has 1 N–H and O–H groups in total. The standard InChI is InChI=1S/C24H17NO4S/c26-21(19-8-7-16-4-1-2-5-18(16)14-19)15-29-24(28)17-9-11-20(12-10-17)25-23(27)22-6-3-13-30-22/h1-14H,15H2,(H,25,27). The second-order valence-electron chi connectivity index (χ2n) is 6.57. The van der Waals surface area contributed by atoms with Crippen molar-refractivity contribution in [1.82, 2.24) is 0 Å². The molecule has 5 nitrogen and oxygen atoms in total. The van der Waals surface area contributed by atoms with E-state index in [2.05, 4.69) is 5.32 Å².